The highest BCUT2D eigenvalue weighted by Gasteiger charge is 2.09. The van der Waals surface area contributed by atoms with Gasteiger partial charge in [0.2, 0.25) is 0 Å². The molecule has 1 N–H and O–H groups in total. The molecule has 3 heteroatoms. The Hall–Kier alpha value is -2.03. The van der Waals surface area contributed by atoms with Crippen LogP contribution in [0.5, 0.6) is 0 Å². The van der Waals surface area contributed by atoms with Gasteiger partial charge in [-0.2, -0.15) is 0 Å². The quantitative estimate of drug-likeness (QED) is 0.802. The second-order valence-corrected chi connectivity index (χ2v) is 3.46. The molecule has 0 radical (unpaired) electrons. The van der Waals surface area contributed by atoms with Crippen molar-refractivity contribution in [3.63, 3.8) is 0 Å². The molecule has 1 aromatic carbocycles. The van der Waals surface area contributed by atoms with E-state index >= 15 is 0 Å². The summed E-state index contributed by atoms with van der Waals surface area (Å²) in [4.78, 5) is 10.5. The Morgan fingerprint density at radius 1 is 1.44 bits per heavy atom. The van der Waals surface area contributed by atoms with Gasteiger partial charge in [-0.1, -0.05) is 25.1 Å². The third kappa shape index (κ3) is 1.84. The first-order valence-electron chi connectivity index (χ1n) is 5.13. The molecular formula is C13H12O3. The first kappa shape index (κ1) is 10.5. The van der Waals surface area contributed by atoms with Crippen LogP contribution in [0.2, 0.25) is 0 Å². The summed E-state index contributed by atoms with van der Waals surface area (Å²) in [5, 5.41) is 9.59. The van der Waals surface area contributed by atoms with E-state index in [-0.39, 0.29) is 0 Å². The SMILES string of the molecule is CCc1oc2ccccc2c1/C=C/C(=O)O. The number of rotatable bonds is 3. The highest BCUT2D eigenvalue weighted by Crippen LogP contribution is 2.27. The number of carboxylic acids is 1. The van der Waals surface area contributed by atoms with Crippen molar-refractivity contribution in [1.29, 1.82) is 0 Å². The highest BCUT2D eigenvalue weighted by molar-refractivity contribution is 5.93. The Bertz CT molecular complexity index is 549. The van der Waals surface area contributed by atoms with E-state index in [1.54, 1.807) is 6.08 Å². The molecule has 0 saturated heterocycles. The molecule has 0 amide bonds. The lowest BCUT2D eigenvalue weighted by atomic mass is 10.1. The van der Waals surface area contributed by atoms with Gasteiger partial charge in [-0.05, 0) is 12.1 Å². The summed E-state index contributed by atoms with van der Waals surface area (Å²) in [6.45, 7) is 1.98. The van der Waals surface area contributed by atoms with Crippen LogP contribution in [-0.2, 0) is 11.2 Å². The number of benzene rings is 1. The molecular weight excluding hydrogens is 204 g/mol. The normalized spacial score (nSPS) is 11.3. The zero-order chi connectivity index (χ0) is 11.5. The molecule has 2 aromatic rings. The third-order valence-corrected chi connectivity index (χ3v) is 2.42. The van der Waals surface area contributed by atoms with Crippen LogP contribution in [0.3, 0.4) is 0 Å². The van der Waals surface area contributed by atoms with E-state index in [1.165, 1.54) is 0 Å². The van der Waals surface area contributed by atoms with Crippen molar-refractivity contribution in [2.75, 3.05) is 0 Å². The summed E-state index contributed by atoms with van der Waals surface area (Å²) in [6.07, 6.45) is 3.47. The fraction of sp³-hybridized carbons (Fsp3) is 0.154. The van der Waals surface area contributed by atoms with Crippen LogP contribution in [0.1, 0.15) is 18.2 Å². The summed E-state index contributed by atoms with van der Waals surface area (Å²) in [6, 6.07) is 7.62. The van der Waals surface area contributed by atoms with E-state index in [9.17, 15) is 4.79 Å². The molecule has 0 aliphatic heterocycles. The largest absolute Gasteiger partial charge is 0.478 e. The summed E-state index contributed by atoms with van der Waals surface area (Å²) in [7, 11) is 0. The minimum atomic E-state index is -0.952. The molecule has 0 spiro atoms. The Morgan fingerprint density at radius 3 is 2.88 bits per heavy atom. The smallest absolute Gasteiger partial charge is 0.328 e. The van der Waals surface area contributed by atoms with Crippen molar-refractivity contribution < 1.29 is 14.3 Å². The van der Waals surface area contributed by atoms with Crippen molar-refractivity contribution >= 4 is 23.0 Å². The average Bonchev–Trinajstić information content (AvgIpc) is 2.64. The number of fused-ring (bicyclic) bond motifs is 1. The summed E-state index contributed by atoms with van der Waals surface area (Å²) in [5.74, 6) is -0.133. The van der Waals surface area contributed by atoms with Crippen LogP contribution in [-0.4, -0.2) is 11.1 Å². The van der Waals surface area contributed by atoms with E-state index in [1.807, 2.05) is 31.2 Å². The zero-order valence-corrected chi connectivity index (χ0v) is 8.93. The molecule has 1 aromatic heterocycles. The van der Waals surface area contributed by atoms with Crippen molar-refractivity contribution in [2.45, 2.75) is 13.3 Å². The maximum Gasteiger partial charge on any atom is 0.328 e. The predicted octanol–water partition coefficient (Wildman–Crippen LogP) is 3.09. The van der Waals surface area contributed by atoms with Gasteiger partial charge in [0.05, 0.1) is 0 Å². The molecule has 0 saturated carbocycles. The highest BCUT2D eigenvalue weighted by atomic mass is 16.4. The van der Waals surface area contributed by atoms with E-state index in [2.05, 4.69) is 0 Å². The Labute approximate surface area is 93.0 Å². The molecule has 0 unspecified atom stereocenters. The maximum absolute atomic E-state index is 10.5. The van der Waals surface area contributed by atoms with E-state index in [0.717, 1.165) is 34.8 Å². The zero-order valence-electron chi connectivity index (χ0n) is 8.93. The van der Waals surface area contributed by atoms with E-state index in [0.29, 0.717) is 0 Å². The summed E-state index contributed by atoms with van der Waals surface area (Å²) in [5.41, 5.74) is 1.66. The van der Waals surface area contributed by atoms with Crippen LogP contribution < -0.4 is 0 Å². The van der Waals surface area contributed by atoms with Gasteiger partial charge in [0, 0.05) is 23.4 Å². The van der Waals surface area contributed by atoms with Gasteiger partial charge in [-0.25, -0.2) is 4.79 Å². The van der Waals surface area contributed by atoms with E-state index in [4.69, 9.17) is 9.52 Å². The van der Waals surface area contributed by atoms with Gasteiger partial charge >= 0.3 is 5.97 Å². The third-order valence-electron chi connectivity index (χ3n) is 2.42. The topological polar surface area (TPSA) is 50.4 Å². The molecule has 0 aliphatic carbocycles. The lowest BCUT2D eigenvalue weighted by molar-refractivity contribution is -0.131. The molecule has 0 bridgehead atoms. The molecule has 0 fully saturated rings. The summed E-state index contributed by atoms with van der Waals surface area (Å²) < 4.78 is 5.64. The van der Waals surface area contributed by atoms with Crippen molar-refractivity contribution in [1.82, 2.24) is 0 Å². The molecule has 3 nitrogen and oxygen atoms in total. The lowest BCUT2D eigenvalue weighted by Gasteiger charge is -1.92. The lowest BCUT2D eigenvalue weighted by Crippen LogP contribution is -1.86. The minimum Gasteiger partial charge on any atom is -0.478 e. The van der Waals surface area contributed by atoms with Crippen molar-refractivity contribution in [2.24, 2.45) is 0 Å². The van der Waals surface area contributed by atoms with Gasteiger partial charge in [-0.3, -0.25) is 0 Å². The van der Waals surface area contributed by atoms with Crippen LogP contribution in [0, 0.1) is 0 Å². The Balaban J connectivity index is 2.60. The molecule has 2 rings (SSSR count). The minimum absolute atomic E-state index is 0.744. The van der Waals surface area contributed by atoms with E-state index < -0.39 is 5.97 Å². The second kappa shape index (κ2) is 4.23. The van der Waals surface area contributed by atoms with Gasteiger partial charge < -0.3 is 9.52 Å². The molecule has 82 valence electrons. The van der Waals surface area contributed by atoms with Crippen molar-refractivity contribution in [3.8, 4) is 0 Å². The monoisotopic (exact) mass is 216 g/mol. The number of furan rings is 1. The number of carbonyl (C=O) groups is 1. The molecule has 0 aliphatic rings. The average molecular weight is 216 g/mol. The van der Waals surface area contributed by atoms with Crippen LogP contribution in [0.15, 0.2) is 34.8 Å². The fourth-order valence-corrected chi connectivity index (χ4v) is 1.72. The molecule has 1 heterocycles. The second-order valence-electron chi connectivity index (χ2n) is 3.46. The van der Waals surface area contributed by atoms with Gasteiger partial charge in [0.25, 0.3) is 0 Å². The van der Waals surface area contributed by atoms with Gasteiger partial charge in [0.15, 0.2) is 0 Å². The standard InChI is InChI=1S/C13H12O3/c1-2-11-10(7-8-13(14)15)9-5-3-4-6-12(9)16-11/h3-8H,2H2,1H3,(H,14,15)/b8-7+. The Kier molecular flexibility index (Phi) is 2.77. The Morgan fingerprint density at radius 2 is 2.19 bits per heavy atom. The number of aliphatic carboxylic acids is 1. The number of hydrogen-bond donors (Lipinski definition) is 1. The first-order chi connectivity index (χ1) is 7.72. The number of carboxylic acid groups (broad SMARTS) is 1. The van der Waals surface area contributed by atoms with Gasteiger partial charge in [-0.15, -0.1) is 0 Å². The molecule has 0 atom stereocenters. The first-order valence-corrected chi connectivity index (χ1v) is 5.13. The number of para-hydroxylation sites is 1. The molecule has 16 heavy (non-hydrogen) atoms. The van der Waals surface area contributed by atoms with Crippen LogP contribution in [0.4, 0.5) is 0 Å². The fourth-order valence-electron chi connectivity index (χ4n) is 1.72. The van der Waals surface area contributed by atoms with Crippen LogP contribution in [0.25, 0.3) is 17.0 Å². The predicted molar refractivity (Wildman–Crippen MR) is 62.3 cm³/mol. The number of hydrogen-bond acceptors (Lipinski definition) is 2. The van der Waals surface area contributed by atoms with Gasteiger partial charge in [0.1, 0.15) is 11.3 Å². The number of aryl methyl sites for hydroxylation is 1. The van der Waals surface area contributed by atoms with Crippen molar-refractivity contribution in [3.05, 3.63) is 41.7 Å². The van der Waals surface area contributed by atoms with Crippen LogP contribution >= 0.6 is 0 Å². The maximum atomic E-state index is 10.5. The summed E-state index contributed by atoms with van der Waals surface area (Å²) >= 11 is 0.